The number of hydrogen-bond acceptors (Lipinski definition) is 5. The zero-order valence-electron chi connectivity index (χ0n) is 14.5. The quantitative estimate of drug-likeness (QED) is 0.563. The number of aryl methyl sites for hydroxylation is 1. The summed E-state index contributed by atoms with van der Waals surface area (Å²) in [6.45, 7) is 2.02. The maximum absolute atomic E-state index is 5.67. The van der Waals surface area contributed by atoms with Crippen molar-refractivity contribution in [1.29, 1.82) is 0 Å². The van der Waals surface area contributed by atoms with Gasteiger partial charge in [0.25, 0.3) is 0 Å². The van der Waals surface area contributed by atoms with E-state index in [1.165, 1.54) is 0 Å². The highest BCUT2D eigenvalue weighted by molar-refractivity contribution is 5.86. The van der Waals surface area contributed by atoms with Crippen molar-refractivity contribution >= 4 is 17.3 Å². The number of nitrogens with zero attached hydrogens (tertiary/aromatic N) is 3. The summed E-state index contributed by atoms with van der Waals surface area (Å²) in [5, 5.41) is 0. The molecule has 0 aliphatic carbocycles. The van der Waals surface area contributed by atoms with Gasteiger partial charge in [-0.3, -0.25) is 4.90 Å². The highest BCUT2D eigenvalue weighted by Gasteiger charge is 2.30. The van der Waals surface area contributed by atoms with Gasteiger partial charge in [-0.25, -0.2) is 9.97 Å². The summed E-state index contributed by atoms with van der Waals surface area (Å²) in [7, 11) is 3.33. The molecule has 0 amide bonds. The van der Waals surface area contributed by atoms with Crippen molar-refractivity contribution in [2.24, 2.45) is 0 Å². The molecule has 3 aromatic rings. The number of aromatic nitrogens is 2. The van der Waals surface area contributed by atoms with E-state index >= 15 is 0 Å². The van der Waals surface area contributed by atoms with Crippen molar-refractivity contribution in [2.75, 3.05) is 19.1 Å². The van der Waals surface area contributed by atoms with Gasteiger partial charge in [-0.15, -0.1) is 0 Å². The molecule has 2 aromatic heterocycles. The van der Waals surface area contributed by atoms with E-state index in [2.05, 4.69) is 22.1 Å². The number of hydrogen-bond donors (Lipinski definition) is 0. The summed E-state index contributed by atoms with van der Waals surface area (Å²) >= 11 is 0. The molecule has 0 spiro atoms. The van der Waals surface area contributed by atoms with Crippen LogP contribution >= 0.6 is 0 Å². The Labute approximate surface area is 146 Å². The lowest BCUT2D eigenvalue weighted by molar-refractivity contribution is 0.396. The van der Waals surface area contributed by atoms with E-state index in [-0.39, 0.29) is 0 Å². The normalized spacial score (nSPS) is 12.4. The van der Waals surface area contributed by atoms with Crippen molar-refractivity contribution in [3.63, 3.8) is 0 Å². The SMILES string of the molecule is COc1cc(C)cc(OC)c1N1c2ncccc2Cc2cccnc21. The van der Waals surface area contributed by atoms with Crippen LogP contribution in [0.25, 0.3) is 0 Å². The molecule has 5 nitrogen and oxygen atoms in total. The number of ether oxygens (including phenoxy) is 2. The van der Waals surface area contributed by atoms with Crippen LogP contribution < -0.4 is 14.4 Å². The van der Waals surface area contributed by atoms with E-state index < -0.39 is 0 Å². The van der Waals surface area contributed by atoms with Crippen molar-refractivity contribution in [1.82, 2.24) is 9.97 Å². The minimum absolute atomic E-state index is 0.729. The van der Waals surface area contributed by atoms with Crippen molar-refractivity contribution in [3.8, 4) is 11.5 Å². The third-order valence-electron chi connectivity index (χ3n) is 4.39. The van der Waals surface area contributed by atoms with E-state index in [9.17, 15) is 0 Å². The first-order valence-electron chi connectivity index (χ1n) is 8.13. The molecule has 0 N–H and O–H groups in total. The zero-order valence-corrected chi connectivity index (χ0v) is 14.5. The molecule has 0 radical (unpaired) electrons. The lowest BCUT2D eigenvalue weighted by atomic mass is 10.00. The maximum atomic E-state index is 5.67. The second-order valence-electron chi connectivity index (χ2n) is 6.00. The molecule has 3 heterocycles. The van der Waals surface area contributed by atoms with Crippen LogP contribution in [0.3, 0.4) is 0 Å². The molecule has 4 rings (SSSR count). The molecule has 1 aliphatic rings. The lowest BCUT2D eigenvalue weighted by Crippen LogP contribution is -2.22. The van der Waals surface area contributed by atoms with Gasteiger partial charge >= 0.3 is 0 Å². The third-order valence-corrected chi connectivity index (χ3v) is 4.39. The Morgan fingerprint density at radius 2 is 1.40 bits per heavy atom. The first-order chi connectivity index (χ1) is 12.2. The summed E-state index contributed by atoms with van der Waals surface area (Å²) < 4.78 is 11.3. The predicted molar refractivity (Wildman–Crippen MR) is 97.4 cm³/mol. The molecular formula is C20H19N3O2. The minimum Gasteiger partial charge on any atom is -0.494 e. The standard InChI is InChI=1S/C20H19N3O2/c1-13-10-16(24-2)18(17(11-13)25-3)23-19-14(6-4-8-21-19)12-15-7-5-9-22-20(15)23/h4-11H,12H2,1-3H3. The fourth-order valence-electron chi connectivity index (χ4n) is 3.30. The van der Waals surface area contributed by atoms with Gasteiger partial charge < -0.3 is 9.47 Å². The van der Waals surface area contributed by atoms with Gasteiger partial charge in [0.15, 0.2) is 0 Å². The van der Waals surface area contributed by atoms with Gasteiger partial charge in [0, 0.05) is 18.8 Å². The summed E-state index contributed by atoms with van der Waals surface area (Å²) in [6.07, 6.45) is 4.40. The van der Waals surface area contributed by atoms with Crippen LogP contribution in [-0.2, 0) is 6.42 Å². The van der Waals surface area contributed by atoms with Crippen LogP contribution in [0.5, 0.6) is 11.5 Å². The molecule has 0 unspecified atom stereocenters. The molecule has 0 fully saturated rings. The molecular weight excluding hydrogens is 314 g/mol. The number of fused-ring (bicyclic) bond motifs is 2. The first kappa shape index (κ1) is 15.4. The zero-order chi connectivity index (χ0) is 17.4. The second kappa shape index (κ2) is 6.09. The Hall–Kier alpha value is -3.08. The monoisotopic (exact) mass is 333 g/mol. The predicted octanol–water partition coefficient (Wildman–Crippen LogP) is 4.18. The van der Waals surface area contributed by atoms with Gasteiger partial charge in [0.2, 0.25) is 0 Å². The summed E-state index contributed by atoms with van der Waals surface area (Å²) in [5.41, 5.74) is 4.17. The van der Waals surface area contributed by atoms with Gasteiger partial charge in [-0.2, -0.15) is 0 Å². The van der Waals surface area contributed by atoms with Crippen LogP contribution in [0, 0.1) is 6.92 Å². The molecule has 1 aromatic carbocycles. The van der Waals surface area contributed by atoms with Crippen LogP contribution in [0.15, 0.2) is 48.8 Å². The second-order valence-corrected chi connectivity index (χ2v) is 6.00. The number of benzene rings is 1. The molecule has 5 heteroatoms. The van der Waals surface area contributed by atoms with Crippen molar-refractivity contribution in [2.45, 2.75) is 13.3 Å². The van der Waals surface area contributed by atoms with Gasteiger partial charge in [-0.1, -0.05) is 12.1 Å². The van der Waals surface area contributed by atoms with Crippen LogP contribution in [0.2, 0.25) is 0 Å². The molecule has 25 heavy (non-hydrogen) atoms. The summed E-state index contributed by atoms with van der Waals surface area (Å²) in [4.78, 5) is 11.3. The first-order valence-corrected chi connectivity index (χ1v) is 8.13. The van der Waals surface area contributed by atoms with Crippen molar-refractivity contribution < 1.29 is 9.47 Å². The highest BCUT2D eigenvalue weighted by atomic mass is 16.5. The third kappa shape index (κ3) is 2.48. The van der Waals surface area contributed by atoms with E-state index in [0.29, 0.717) is 0 Å². The minimum atomic E-state index is 0.729. The smallest absolute Gasteiger partial charge is 0.147 e. The Morgan fingerprint density at radius 3 is 1.88 bits per heavy atom. The molecule has 0 bridgehead atoms. The van der Waals surface area contributed by atoms with Crippen LogP contribution in [-0.4, -0.2) is 24.2 Å². The summed E-state index contributed by atoms with van der Waals surface area (Å²) in [5.74, 6) is 3.17. The number of pyridine rings is 2. The molecule has 1 aliphatic heterocycles. The molecule has 0 saturated heterocycles. The summed E-state index contributed by atoms with van der Waals surface area (Å²) in [6, 6.07) is 12.1. The maximum Gasteiger partial charge on any atom is 0.147 e. The largest absolute Gasteiger partial charge is 0.494 e. The number of rotatable bonds is 3. The number of methoxy groups -OCH3 is 2. The topological polar surface area (TPSA) is 47.5 Å². The van der Waals surface area contributed by atoms with Crippen LogP contribution in [0.1, 0.15) is 16.7 Å². The molecule has 126 valence electrons. The average Bonchev–Trinajstić information content (AvgIpc) is 2.65. The van der Waals surface area contributed by atoms with E-state index in [0.717, 1.165) is 51.9 Å². The average molecular weight is 333 g/mol. The highest BCUT2D eigenvalue weighted by Crippen LogP contribution is 2.49. The van der Waals surface area contributed by atoms with Crippen LogP contribution in [0.4, 0.5) is 17.3 Å². The Balaban J connectivity index is 2.04. The van der Waals surface area contributed by atoms with Crippen molar-refractivity contribution in [3.05, 3.63) is 65.5 Å². The van der Waals surface area contributed by atoms with Gasteiger partial charge in [0.1, 0.15) is 28.8 Å². The lowest BCUT2D eigenvalue weighted by Gasteiger charge is -2.32. The Kier molecular flexibility index (Phi) is 3.76. The molecule has 0 atom stereocenters. The van der Waals surface area contributed by atoms with Gasteiger partial charge in [-0.05, 0) is 47.9 Å². The Bertz CT molecular complexity index is 869. The fourth-order valence-corrected chi connectivity index (χ4v) is 3.30. The van der Waals surface area contributed by atoms with E-state index in [1.54, 1.807) is 26.6 Å². The number of anilines is 3. The fraction of sp³-hybridized carbons (Fsp3) is 0.200. The van der Waals surface area contributed by atoms with E-state index in [4.69, 9.17) is 9.47 Å². The van der Waals surface area contributed by atoms with Gasteiger partial charge in [0.05, 0.1) is 14.2 Å². The van der Waals surface area contributed by atoms with E-state index in [1.807, 2.05) is 36.1 Å². The Morgan fingerprint density at radius 1 is 0.880 bits per heavy atom. The molecule has 0 saturated carbocycles.